The molecule has 2 amide bonds. The predicted molar refractivity (Wildman–Crippen MR) is 69.6 cm³/mol. The van der Waals surface area contributed by atoms with Gasteiger partial charge in [0.2, 0.25) is 0 Å². The largest absolute Gasteiger partial charge is 0.481 e. The van der Waals surface area contributed by atoms with Crippen molar-refractivity contribution in [3.8, 4) is 0 Å². The third-order valence-corrected chi connectivity index (χ3v) is 2.91. The lowest BCUT2D eigenvalue weighted by Crippen LogP contribution is -2.42. The number of hydrogen-bond donors (Lipinski definition) is 3. The Labute approximate surface area is 110 Å². The molecule has 0 saturated carbocycles. The second-order valence-electron chi connectivity index (χ2n) is 4.48. The maximum absolute atomic E-state index is 13.0. The smallest absolute Gasteiger partial charge is 0.319 e. The van der Waals surface area contributed by atoms with Crippen LogP contribution in [0.1, 0.15) is 19.4 Å². The maximum atomic E-state index is 13.0. The summed E-state index contributed by atoms with van der Waals surface area (Å²) in [4.78, 5) is 22.4. The Hall–Kier alpha value is -2.11. The standard InChI is InChI=1S/C13H17FN2O3/c1-7-6-10(4-5-11(7)14)16-13(19)15-9(3)8(2)12(17)18/h4-6,8-9H,1-3H3,(H,17,18)(H2,15,16,19). The molecule has 0 aliphatic carbocycles. The molecule has 6 heteroatoms. The highest BCUT2D eigenvalue weighted by Crippen LogP contribution is 2.13. The minimum absolute atomic E-state index is 0.348. The van der Waals surface area contributed by atoms with E-state index < -0.39 is 24.0 Å². The fraction of sp³-hybridized carbons (Fsp3) is 0.385. The number of aryl methyl sites for hydroxylation is 1. The SMILES string of the molecule is Cc1cc(NC(=O)NC(C)C(C)C(=O)O)ccc1F. The number of halogens is 1. The summed E-state index contributed by atoms with van der Waals surface area (Å²) in [5.41, 5.74) is 0.872. The first-order valence-electron chi connectivity index (χ1n) is 5.87. The van der Waals surface area contributed by atoms with Crippen molar-refractivity contribution in [2.24, 2.45) is 5.92 Å². The van der Waals surface area contributed by atoms with Gasteiger partial charge in [0.1, 0.15) is 5.82 Å². The number of carboxylic acids is 1. The van der Waals surface area contributed by atoms with Crippen LogP contribution < -0.4 is 10.6 Å². The van der Waals surface area contributed by atoms with Gasteiger partial charge >= 0.3 is 12.0 Å². The molecule has 5 nitrogen and oxygen atoms in total. The molecule has 0 aliphatic rings. The first-order valence-corrected chi connectivity index (χ1v) is 5.87. The van der Waals surface area contributed by atoms with Crippen molar-refractivity contribution in [1.29, 1.82) is 0 Å². The van der Waals surface area contributed by atoms with Crippen molar-refractivity contribution >= 4 is 17.7 Å². The number of urea groups is 1. The van der Waals surface area contributed by atoms with E-state index in [1.165, 1.54) is 25.1 Å². The monoisotopic (exact) mass is 268 g/mol. The van der Waals surface area contributed by atoms with Crippen LogP contribution in [0.2, 0.25) is 0 Å². The van der Waals surface area contributed by atoms with Crippen molar-refractivity contribution in [3.63, 3.8) is 0 Å². The predicted octanol–water partition coefficient (Wildman–Crippen LogP) is 2.36. The van der Waals surface area contributed by atoms with Crippen molar-refractivity contribution < 1.29 is 19.1 Å². The Morgan fingerprint density at radius 1 is 1.32 bits per heavy atom. The molecule has 0 aliphatic heterocycles. The average molecular weight is 268 g/mol. The zero-order valence-corrected chi connectivity index (χ0v) is 11.0. The van der Waals surface area contributed by atoms with Gasteiger partial charge in [-0.15, -0.1) is 0 Å². The Morgan fingerprint density at radius 3 is 2.47 bits per heavy atom. The van der Waals surface area contributed by atoms with E-state index in [0.29, 0.717) is 11.3 Å². The summed E-state index contributed by atoms with van der Waals surface area (Å²) in [7, 11) is 0. The van der Waals surface area contributed by atoms with Crippen LogP contribution >= 0.6 is 0 Å². The van der Waals surface area contributed by atoms with Crippen LogP contribution in [-0.2, 0) is 4.79 Å². The van der Waals surface area contributed by atoms with Gasteiger partial charge in [0.25, 0.3) is 0 Å². The Balaban J connectivity index is 2.60. The molecular weight excluding hydrogens is 251 g/mol. The second kappa shape index (κ2) is 6.17. The van der Waals surface area contributed by atoms with Gasteiger partial charge in [-0.3, -0.25) is 4.79 Å². The minimum Gasteiger partial charge on any atom is -0.481 e. The zero-order chi connectivity index (χ0) is 14.6. The zero-order valence-electron chi connectivity index (χ0n) is 11.0. The molecule has 19 heavy (non-hydrogen) atoms. The number of anilines is 1. The first kappa shape index (κ1) is 14.9. The number of carboxylic acid groups (broad SMARTS) is 1. The molecule has 1 rings (SSSR count). The van der Waals surface area contributed by atoms with Gasteiger partial charge in [-0.2, -0.15) is 0 Å². The second-order valence-corrected chi connectivity index (χ2v) is 4.48. The van der Waals surface area contributed by atoms with Gasteiger partial charge in [-0.25, -0.2) is 9.18 Å². The van der Waals surface area contributed by atoms with Crippen LogP contribution in [0.5, 0.6) is 0 Å². The molecule has 0 heterocycles. The van der Waals surface area contributed by atoms with Gasteiger partial charge in [0.15, 0.2) is 0 Å². The number of benzene rings is 1. The van der Waals surface area contributed by atoms with E-state index in [9.17, 15) is 14.0 Å². The fourth-order valence-corrected chi connectivity index (χ4v) is 1.44. The molecule has 0 spiro atoms. The quantitative estimate of drug-likeness (QED) is 0.784. The van der Waals surface area contributed by atoms with E-state index in [1.807, 2.05) is 0 Å². The lowest BCUT2D eigenvalue weighted by atomic mass is 10.0. The van der Waals surface area contributed by atoms with Crippen LogP contribution in [0.4, 0.5) is 14.9 Å². The molecule has 0 saturated heterocycles. The molecule has 3 N–H and O–H groups in total. The number of aliphatic carboxylic acids is 1. The van der Waals surface area contributed by atoms with E-state index in [4.69, 9.17) is 5.11 Å². The van der Waals surface area contributed by atoms with Crippen LogP contribution in [0, 0.1) is 18.7 Å². The molecule has 2 atom stereocenters. The summed E-state index contributed by atoms with van der Waals surface area (Å²) in [5, 5.41) is 13.9. The van der Waals surface area contributed by atoms with Crippen LogP contribution in [-0.4, -0.2) is 23.1 Å². The first-order chi connectivity index (χ1) is 8.81. The van der Waals surface area contributed by atoms with Gasteiger partial charge in [-0.1, -0.05) is 0 Å². The molecule has 104 valence electrons. The number of carbonyl (C=O) groups excluding carboxylic acids is 1. The highest BCUT2D eigenvalue weighted by atomic mass is 19.1. The number of carbonyl (C=O) groups is 2. The van der Waals surface area contributed by atoms with E-state index in [0.717, 1.165) is 0 Å². The Morgan fingerprint density at radius 2 is 1.95 bits per heavy atom. The molecule has 0 fully saturated rings. The Bertz CT molecular complexity index is 491. The number of rotatable bonds is 4. The fourth-order valence-electron chi connectivity index (χ4n) is 1.44. The summed E-state index contributed by atoms with van der Waals surface area (Å²) in [6, 6.07) is 3.16. The highest BCUT2D eigenvalue weighted by molar-refractivity contribution is 5.89. The maximum Gasteiger partial charge on any atom is 0.319 e. The van der Waals surface area contributed by atoms with E-state index in [2.05, 4.69) is 10.6 Å². The van der Waals surface area contributed by atoms with Gasteiger partial charge < -0.3 is 15.7 Å². The minimum atomic E-state index is -0.981. The summed E-state index contributed by atoms with van der Waals surface area (Å²) < 4.78 is 13.0. The Kier molecular flexibility index (Phi) is 4.86. The molecule has 2 unspecified atom stereocenters. The van der Waals surface area contributed by atoms with Crippen LogP contribution in [0.25, 0.3) is 0 Å². The topological polar surface area (TPSA) is 78.4 Å². The van der Waals surface area contributed by atoms with E-state index in [1.54, 1.807) is 13.8 Å². The van der Waals surface area contributed by atoms with Crippen LogP contribution in [0.3, 0.4) is 0 Å². The normalized spacial score (nSPS) is 13.5. The van der Waals surface area contributed by atoms with Crippen molar-refractivity contribution in [2.45, 2.75) is 26.8 Å². The molecule has 1 aromatic rings. The number of amides is 2. The third-order valence-electron chi connectivity index (χ3n) is 2.91. The molecule has 0 bridgehead atoms. The van der Waals surface area contributed by atoms with Crippen molar-refractivity contribution in [3.05, 3.63) is 29.6 Å². The molecular formula is C13H17FN2O3. The molecule has 0 aromatic heterocycles. The van der Waals surface area contributed by atoms with E-state index in [-0.39, 0.29) is 5.82 Å². The summed E-state index contributed by atoms with van der Waals surface area (Å²) in [5.74, 6) is -2.02. The van der Waals surface area contributed by atoms with Gasteiger partial charge in [-0.05, 0) is 44.5 Å². The lowest BCUT2D eigenvalue weighted by molar-refractivity contribution is -0.141. The van der Waals surface area contributed by atoms with E-state index >= 15 is 0 Å². The summed E-state index contributed by atoms with van der Waals surface area (Å²) in [6.45, 7) is 4.71. The lowest BCUT2D eigenvalue weighted by Gasteiger charge is -2.18. The summed E-state index contributed by atoms with van der Waals surface area (Å²) >= 11 is 0. The number of hydrogen-bond acceptors (Lipinski definition) is 2. The molecule has 1 aromatic carbocycles. The number of nitrogens with one attached hydrogen (secondary N) is 2. The molecule has 0 radical (unpaired) electrons. The van der Waals surface area contributed by atoms with Crippen molar-refractivity contribution in [2.75, 3.05) is 5.32 Å². The average Bonchev–Trinajstić information content (AvgIpc) is 2.32. The van der Waals surface area contributed by atoms with Crippen LogP contribution in [0.15, 0.2) is 18.2 Å². The van der Waals surface area contributed by atoms with Crippen molar-refractivity contribution in [1.82, 2.24) is 5.32 Å². The van der Waals surface area contributed by atoms with Gasteiger partial charge in [0, 0.05) is 11.7 Å². The summed E-state index contributed by atoms with van der Waals surface area (Å²) in [6.07, 6.45) is 0. The highest BCUT2D eigenvalue weighted by Gasteiger charge is 2.20. The third kappa shape index (κ3) is 4.24. The van der Waals surface area contributed by atoms with Gasteiger partial charge in [0.05, 0.1) is 5.92 Å².